The van der Waals surface area contributed by atoms with Crippen LogP contribution in [0, 0.1) is 0 Å². The lowest BCUT2D eigenvalue weighted by atomic mass is 10.2. The third-order valence-corrected chi connectivity index (χ3v) is 4.28. The average molecular weight is 361 g/mol. The fourth-order valence-corrected chi connectivity index (χ4v) is 2.83. The minimum Gasteiger partial charge on any atom is -0.495 e. The van der Waals surface area contributed by atoms with Crippen LogP contribution in [0.2, 0.25) is 0 Å². The van der Waals surface area contributed by atoms with Gasteiger partial charge in [-0.15, -0.1) is 0 Å². The van der Waals surface area contributed by atoms with Crippen molar-refractivity contribution in [1.29, 1.82) is 0 Å². The van der Waals surface area contributed by atoms with Crippen molar-refractivity contribution >= 4 is 17.4 Å². The number of hydrogen-bond donors (Lipinski definition) is 1. The van der Waals surface area contributed by atoms with E-state index in [2.05, 4.69) is 34.3 Å². The molecule has 0 fully saturated rings. The number of anilines is 2. The zero-order chi connectivity index (χ0) is 19.1. The van der Waals surface area contributed by atoms with Crippen molar-refractivity contribution in [2.75, 3.05) is 23.9 Å². The second-order valence-electron chi connectivity index (χ2n) is 6.06. The maximum Gasteiger partial charge on any atom is 0.255 e. The van der Waals surface area contributed by atoms with Crippen LogP contribution in [0.25, 0.3) is 0 Å². The molecule has 1 amide bonds. The highest BCUT2D eigenvalue weighted by molar-refractivity contribution is 6.05. The first kappa shape index (κ1) is 18.5. The Labute approximate surface area is 159 Å². The van der Waals surface area contributed by atoms with Gasteiger partial charge in [-0.25, -0.2) is 4.98 Å². The van der Waals surface area contributed by atoms with E-state index < -0.39 is 0 Å². The van der Waals surface area contributed by atoms with Crippen LogP contribution >= 0.6 is 0 Å². The molecule has 1 heterocycles. The number of benzene rings is 2. The first-order valence-electron chi connectivity index (χ1n) is 8.90. The maximum absolute atomic E-state index is 12.7. The van der Waals surface area contributed by atoms with Crippen molar-refractivity contribution in [3.8, 4) is 5.75 Å². The summed E-state index contributed by atoms with van der Waals surface area (Å²) in [6.07, 6.45) is 1.67. The molecule has 27 heavy (non-hydrogen) atoms. The summed E-state index contributed by atoms with van der Waals surface area (Å²) in [5.41, 5.74) is 2.39. The largest absolute Gasteiger partial charge is 0.495 e. The van der Waals surface area contributed by atoms with Gasteiger partial charge in [-0.1, -0.05) is 42.5 Å². The van der Waals surface area contributed by atoms with Gasteiger partial charge in [0.05, 0.1) is 12.8 Å². The number of aromatic nitrogens is 1. The highest BCUT2D eigenvalue weighted by atomic mass is 16.5. The number of nitrogens with zero attached hydrogens (tertiary/aromatic N) is 2. The fraction of sp³-hybridized carbons (Fsp3) is 0.182. The van der Waals surface area contributed by atoms with Gasteiger partial charge in [0.2, 0.25) is 0 Å². The number of carbonyl (C=O) groups excluding carboxylic acids is 1. The SMILES string of the molecule is CCN(Cc1ccccc1)c1cc(C(=O)Nc2ccccc2OC)ccn1. The average Bonchev–Trinajstić information content (AvgIpc) is 2.73. The zero-order valence-corrected chi connectivity index (χ0v) is 15.6. The Balaban J connectivity index is 1.78. The van der Waals surface area contributed by atoms with Crippen LogP contribution in [0.15, 0.2) is 72.9 Å². The minimum absolute atomic E-state index is 0.195. The van der Waals surface area contributed by atoms with Gasteiger partial charge in [-0.05, 0) is 36.8 Å². The van der Waals surface area contributed by atoms with Crippen LogP contribution in [0.3, 0.4) is 0 Å². The molecule has 0 unspecified atom stereocenters. The van der Waals surface area contributed by atoms with Crippen LogP contribution in [-0.4, -0.2) is 24.5 Å². The predicted molar refractivity (Wildman–Crippen MR) is 108 cm³/mol. The summed E-state index contributed by atoms with van der Waals surface area (Å²) in [5.74, 6) is 1.20. The lowest BCUT2D eigenvalue weighted by Gasteiger charge is -2.22. The molecule has 0 saturated heterocycles. The first-order chi connectivity index (χ1) is 13.2. The third kappa shape index (κ3) is 4.64. The first-order valence-corrected chi connectivity index (χ1v) is 8.90. The van der Waals surface area contributed by atoms with Crippen molar-refractivity contribution in [3.63, 3.8) is 0 Å². The molecule has 3 rings (SSSR count). The molecule has 3 aromatic rings. The highest BCUT2D eigenvalue weighted by Gasteiger charge is 2.13. The summed E-state index contributed by atoms with van der Waals surface area (Å²) in [4.78, 5) is 19.3. The smallest absolute Gasteiger partial charge is 0.255 e. The van der Waals surface area contributed by atoms with Crippen LogP contribution in [-0.2, 0) is 6.54 Å². The molecule has 138 valence electrons. The molecular weight excluding hydrogens is 338 g/mol. The molecule has 0 spiro atoms. The van der Waals surface area contributed by atoms with Crippen LogP contribution in [0.5, 0.6) is 5.75 Å². The van der Waals surface area contributed by atoms with E-state index in [1.807, 2.05) is 48.5 Å². The Kier molecular flexibility index (Phi) is 6.05. The van der Waals surface area contributed by atoms with Gasteiger partial charge in [0.25, 0.3) is 5.91 Å². The second-order valence-corrected chi connectivity index (χ2v) is 6.06. The molecule has 1 aromatic heterocycles. The standard InChI is InChI=1S/C22H23N3O2/c1-3-25(16-17-9-5-4-6-10-17)21-15-18(13-14-23-21)22(26)24-19-11-7-8-12-20(19)27-2/h4-15H,3,16H2,1-2H3,(H,24,26). The molecule has 0 atom stereocenters. The Morgan fingerprint density at radius 3 is 2.56 bits per heavy atom. The summed E-state index contributed by atoms with van der Waals surface area (Å²) in [6.45, 7) is 3.60. The van der Waals surface area contributed by atoms with Gasteiger partial charge in [0, 0.05) is 24.8 Å². The van der Waals surface area contributed by atoms with E-state index in [9.17, 15) is 4.79 Å². The lowest BCUT2D eigenvalue weighted by Crippen LogP contribution is -2.23. The van der Waals surface area contributed by atoms with Crippen LogP contribution in [0.1, 0.15) is 22.8 Å². The maximum atomic E-state index is 12.7. The topological polar surface area (TPSA) is 54.5 Å². The van der Waals surface area contributed by atoms with Crippen molar-refractivity contribution in [2.45, 2.75) is 13.5 Å². The molecule has 0 saturated carbocycles. The fourth-order valence-electron chi connectivity index (χ4n) is 2.83. The van der Waals surface area contributed by atoms with Gasteiger partial charge in [0.1, 0.15) is 11.6 Å². The Hall–Kier alpha value is -3.34. The molecule has 1 N–H and O–H groups in total. The van der Waals surface area contributed by atoms with Crippen LogP contribution in [0.4, 0.5) is 11.5 Å². The van der Waals surface area contributed by atoms with Gasteiger partial charge in [0.15, 0.2) is 0 Å². The summed E-state index contributed by atoms with van der Waals surface area (Å²) in [6, 6.07) is 21.1. The molecule has 0 aliphatic rings. The number of hydrogen-bond acceptors (Lipinski definition) is 4. The number of ether oxygens (including phenoxy) is 1. The Morgan fingerprint density at radius 2 is 1.81 bits per heavy atom. The van der Waals surface area contributed by atoms with E-state index in [0.29, 0.717) is 17.0 Å². The highest BCUT2D eigenvalue weighted by Crippen LogP contribution is 2.24. The number of pyridine rings is 1. The molecule has 5 heteroatoms. The van der Waals surface area contributed by atoms with Gasteiger partial charge < -0.3 is 15.0 Å². The lowest BCUT2D eigenvalue weighted by molar-refractivity contribution is 0.102. The Morgan fingerprint density at radius 1 is 1.07 bits per heavy atom. The summed E-state index contributed by atoms with van der Waals surface area (Å²) >= 11 is 0. The van der Waals surface area contributed by atoms with E-state index in [-0.39, 0.29) is 5.91 Å². The summed E-state index contributed by atoms with van der Waals surface area (Å²) in [5, 5.41) is 2.90. The number of amides is 1. The van der Waals surface area contributed by atoms with E-state index >= 15 is 0 Å². The number of para-hydroxylation sites is 2. The minimum atomic E-state index is -0.195. The molecule has 0 aliphatic carbocycles. The Bertz CT molecular complexity index is 897. The summed E-state index contributed by atoms with van der Waals surface area (Å²) in [7, 11) is 1.58. The molecule has 0 bridgehead atoms. The number of carbonyl (C=O) groups is 1. The molecular formula is C22H23N3O2. The van der Waals surface area contributed by atoms with Crippen molar-refractivity contribution in [3.05, 3.63) is 84.1 Å². The normalized spacial score (nSPS) is 10.3. The van der Waals surface area contributed by atoms with Gasteiger partial charge >= 0.3 is 0 Å². The van der Waals surface area contributed by atoms with E-state index in [4.69, 9.17) is 4.74 Å². The predicted octanol–water partition coefficient (Wildman–Crippen LogP) is 4.37. The van der Waals surface area contributed by atoms with Crippen molar-refractivity contribution in [2.24, 2.45) is 0 Å². The number of rotatable bonds is 7. The number of nitrogens with one attached hydrogen (secondary N) is 1. The second kappa shape index (κ2) is 8.85. The molecule has 0 aliphatic heterocycles. The zero-order valence-electron chi connectivity index (χ0n) is 15.6. The van der Waals surface area contributed by atoms with Crippen LogP contribution < -0.4 is 15.0 Å². The molecule has 2 aromatic carbocycles. The molecule has 0 radical (unpaired) electrons. The summed E-state index contributed by atoms with van der Waals surface area (Å²) < 4.78 is 5.29. The van der Waals surface area contributed by atoms with E-state index in [0.717, 1.165) is 18.9 Å². The van der Waals surface area contributed by atoms with Gasteiger partial charge in [-0.2, -0.15) is 0 Å². The van der Waals surface area contributed by atoms with E-state index in [1.54, 1.807) is 19.4 Å². The monoisotopic (exact) mass is 361 g/mol. The quantitative estimate of drug-likeness (QED) is 0.679. The third-order valence-electron chi connectivity index (χ3n) is 4.28. The number of methoxy groups -OCH3 is 1. The van der Waals surface area contributed by atoms with E-state index in [1.165, 1.54) is 5.56 Å². The molecule has 5 nitrogen and oxygen atoms in total. The van der Waals surface area contributed by atoms with Gasteiger partial charge in [-0.3, -0.25) is 4.79 Å². The van der Waals surface area contributed by atoms with Crippen molar-refractivity contribution in [1.82, 2.24) is 4.98 Å². The van der Waals surface area contributed by atoms with Crippen molar-refractivity contribution < 1.29 is 9.53 Å².